The largest absolute Gasteiger partial charge is 0.493 e. The molecule has 6 heteroatoms. The molecule has 0 atom stereocenters. The number of carbonyl (C=O) groups excluding carboxylic acids is 1. The summed E-state index contributed by atoms with van der Waals surface area (Å²) in [7, 11) is 3.44. The highest BCUT2D eigenvalue weighted by molar-refractivity contribution is 9.10. The predicted octanol–water partition coefficient (Wildman–Crippen LogP) is 2.90. The molecule has 0 amide bonds. The highest BCUT2D eigenvalue weighted by Gasteiger charge is 2.13. The van der Waals surface area contributed by atoms with Gasteiger partial charge in [-0.3, -0.25) is 0 Å². The van der Waals surface area contributed by atoms with Crippen molar-refractivity contribution in [3.05, 3.63) is 22.2 Å². The topological polar surface area (TPSA) is 56.8 Å². The lowest BCUT2D eigenvalue weighted by molar-refractivity contribution is -0.146. The van der Waals surface area contributed by atoms with Crippen LogP contribution in [0.1, 0.15) is 25.3 Å². The van der Waals surface area contributed by atoms with E-state index in [0.29, 0.717) is 24.7 Å². The average Bonchev–Trinajstić information content (AvgIpc) is 2.46. The van der Waals surface area contributed by atoms with Crippen LogP contribution in [0.5, 0.6) is 11.5 Å². The summed E-state index contributed by atoms with van der Waals surface area (Å²) in [6.07, 6.45) is 1.85. The number of methoxy groups -OCH3 is 1. The fourth-order valence-electron chi connectivity index (χ4n) is 1.72. The Morgan fingerprint density at radius 2 is 2.14 bits per heavy atom. The third kappa shape index (κ3) is 5.93. The summed E-state index contributed by atoms with van der Waals surface area (Å²) in [5.41, 5.74) is 1.05. The summed E-state index contributed by atoms with van der Waals surface area (Å²) in [5, 5.41) is 3.07. The number of unbranched alkanes of at least 4 members (excludes halogenated alkanes) is 1. The van der Waals surface area contributed by atoms with Crippen molar-refractivity contribution in [2.45, 2.75) is 26.3 Å². The molecule has 21 heavy (non-hydrogen) atoms. The van der Waals surface area contributed by atoms with Crippen molar-refractivity contribution in [3.8, 4) is 11.5 Å². The summed E-state index contributed by atoms with van der Waals surface area (Å²) in [5.74, 6) is 0.706. The Labute approximate surface area is 134 Å². The van der Waals surface area contributed by atoms with Crippen LogP contribution in [-0.4, -0.2) is 33.3 Å². The fourth-order valence-corrected chi connectivity index (χ4v) is 2.33. The van der Waals surface area contributed by atoms with Gasteiger partial charge in [-0.25, -0.2) is 4.79 Å². The standard InChI is InChI=1S/C15H22BrNO4/c1-4-5-6-20-14(18)10-21-15-12(16)7-11(9-17-2)8-13(15)19-3/h7-8,17H,4-6,9-10H2,1-3H3. The first kappa shape index (κ1) is 17.8. The zero-order valence-corrected chi connectivity index (χ0v) is 14.3. The van der Waals surface area contributed by atoms with Gasteiger partial charge in [0.1, 0.15) is 0 Å². The van der Waals surface area contributed by atoms with Crippen LogP contribution in [0.2, 0.25) is 0 Å². The van der Waals surface area contributed by atoms with Crippen LogP contribution in [0.3, 0.4) is 0 Å². The molecular formula is C15H22BrNO4. The highest BCUT2D eigenvalue weighted by atomic mass is 79.9. The molecule has 0 aliphatic carbocycles. The van der Waals surface area contributed by atoms with Gasteiger partial charge in [-0.05, 0) is 47.1 Å². The molecule has 1 aromatic rings. The van der Waals surface area contributed by atoms with Crippen LogP contribution >= 0.6 is 15.9 Å². The molecule has 0 aromatic heterocycles. The molecule has 0 saturated heterocycles. The van der Waals surface area contributed by atoms with Crippen LogP contribution in [-0.2, 0) is 16.1 Å². The molecule has 0 bridgehead atoms. The number of hydrogen-bond donors (Lipinski definition) is 1. The van der Waals surface area contributed by atoms with Gasteiger partial charge in [0.25, 0.3) is 0 Å². The third-order valence-corrected chi connectivity index (χ3v) is 3.35. The van der Waals surface area contributed by atoms with E-state index < -0.39 is 0 Å². The lowest BCUT2D eigenvalue weighted by Gasteiger charge is -2.14. The molecule has 0 unspecified atom stereocenters. The second kappa shape index (κ2) is 9.63. The number of nitrogens with one attached hydrogen (secondary N) is 1. The normalized spacial score (nSPS) is 10.3. The Balaban J connectivity index is 2.67. The van der Waals surface area contributed by atoms with Gasteiger partial charge < -0.3 is 19.5 Å². The van der Waals surface area contributed by atoms with E-state index in [1.165, 1.54) is 0 Å². The van der Waals surface area contributed by atoms with Crippen molar-refractivity contribution in [1.82, 2.24) is 5.32 Å². The van der Waals surface area contributed by atoms with Crippen molar-refractivity contribution in [1.29, 1.82) is 0 Å². The van der Waals surface area contributed by atoms with Crippen LogP contribution in [0.25, 0.3) is 0 Å². The molecule has 1 N–H and O–H groups in total. The second-order valence-corrected chi connectivity index (χ2v) is 5.36. The van der Waals surface area contributed by atoms with Crippen LogP contribution < -0.4 is 14.8 Å². The Kier molecular flexibility index (Phi) is 8.15. The van der Waals surface area contributed by atoms with Gasteiger partial charge in [-0.2, -0.15) is 0 Å². The predicted molar refractivity (Wildman–Crippen MR) is 84.8 cm³/mol. The number of benzene rings is 1. The summed E-state index contributed by atoms with van der Waals surface area (Å²) in [6, 6.07) is 3.80. The maximum absolute atomic E-state index is 11.6. The lowest BCUT2D eigenvalue weighted by Crippen LogP contribution is -2.16. The number of halogens is 1. The molecule has 0 radical (unpaired) electrons. The van der Waals surface area contributed by atoms with E-state index in [-0.39, 0.29) is 12.6 Å². The lowest BCUT2D eigenvalue weighted by atomic mass is 10.2. The van der Waals surface area contributed by atoms with Crippen molar-refractivity contribution < 1.29 is 19.0 Å². The van der Waals surface area contributed by atoms with Gasteiger partial charge in [0, 0.05) is 6.54 Å². The Bertz CT molecular complexity index is 465. The third-order valence-electron chi connectivity index (χ3n) is 2.77. The molecule has 0 aliphatic rings. The van der Waals surface area contributed by atoms with Crippen molar-refractivity contribution in [2.75, 3.05) is 27.4 Å². The van der Waals surface area contributed by atoms with Crippen molar-refractivity contribution in [3.63, 3.8) is 0 Å². The van der Waals surface area contributed by atoms with Gasteiger partial charge in [0.15, 0.2) is 18.1 Å². The highest BCUT2D eigenvalue weighted by Crippen LogP contribution is 2.36. The van der Waals surface area contributed by atoms with E-state index >= 15 is 0 Å². The van der Waals surface area contributed by atoms with E-state index in [0.717, 1.165) is 22.9 Å². The number of rotatable bonds is 9. The van der Waals surface area contributed by atoms with Gasteiger partial charge in [-0.15, -0.1) is 0 Å². The second-order valence-electron chi connectivity index (χ2n) is 4.50. The maximum atomic E-state index is 11.6. The molecule has 0 spiro atoms. The fraction of sp³-hybridized carbons (Fsp3) is 0.533. The molecule has 0 saturated carbocycles. The minimum absolute atomic E-state index is 0.135. The number of carbonyl (C=O) groups is 1. The summed E-state index contributed by atoms with van der Waals surface area (Å²) in [6.45, 7) is 3.05. The maximum Gasteiger partial charge on any atom is 0.344 e. The summed E-state index contributed by atoms with van der Waals surface area (Å²) >= 11 is 3.44. The number of hydrogen-bond acceptors (Lipinski definition) is 5. The van der Waals surface area contributed by atoms with Gasteiger partial charge in [0.05, 0.1) is 18.2 Å². The van der Waals surface area contributed by atoms with Gasteiger partial charge in [0.2, 0.25) is 0 Å². The summed E-state index contributed by atoms with van der Waals surface area (Å²) < 4.78 is 16.6. The van der Waals surface area contributed by atoms with E-state index in [1.807, 2.05) is 26.1 Å². The molecule has 118 valence electrons. The van der Waals surface area contributed by atoms with Crippen molar-refractivity contribution >= 4 is 21.9 Å². The van der Waals surface area contributed by atoms with Gasteiger partial charge >= 0.3 is 5.97 Å². The van der Waals surface area contributed by atoms with E-state index in [9.17, 15) is 4.79 Å². The molecule has 0 fully saturated rings. The van der Waals surface area contributed by atoms with Crippen LogP contribution in [0, 0.1) is 0 Å². The quantitative estimate of drug-likeness (QED) is 0.542. The first-order valence-corrected chi connectivity index (χ1v) is 7.71. The minimum atomic E-state index is -0.378. The minimum Gasteiger partial charge on any atom is -0.493 e. The van der Waals surface area contributed by atoms with Gasteiger partial charge in [-0.1, -0.05) is 13.3 Å². The molecule has 0 heterocycles. The average molecular weight is 360 g/mol. The first-order chi connectivity index (χ1) is 10.1. The molecule has 0 aliphatic heterocycles. The molecular weight excluding hydrogens is 338 g/mol. The Morgan fingerprint density at radius 1 is 1.38 bits per heavy atom. The molecule has 1 rings (SSSR count). The van der Waals surface area contributed by atoms with Crippen molar-refractivity contribution in [2.24, 2.45) is 0 Å². The Morgan fingerprint density at radius 3 is 2.76 bits per heavy atom. The first-order valence-electron chi connectivity index (χ1n) is 6.91. The zero-order chi connectivity index (χ0) is 15.7. The monoisotopic (exact) mass is 359 g/mol. The van der Waals surface area contributed by atoms with E-state index in [2.05, 4.69) is 21.2 Å². The van der Waals surface area contributed by atoms with E-state index in [1.54, 1.807) is 7.11 Å². The number of ether oxygens (including phenoxy) is 3. The smallest absolute Gasteiger partial charge is 0.344 e. The van der Waals surface area contributed by atoms with E-state index in [4.69, 9.17) is 14.2 Å². The molecule has 1 aromatic carbocycles. The zero-order valence-electron chi connectivity index (χ0n) is 12.7. The SMILES string of the molecule is CCCCOC(=O)COc1c(Br)cc(CNC)cc1OC. The molecule has 5 nitrogen and oxygen atoms in total. The Hall–Kier alpha value is -1.27. The van der Waals surface area contributed by atoms with Crippen LogP contribution in [0.4, 0.5) is 0 Å². The number of esters is 1. The summed E-state index contributed by atoms with van der Waals surface area (Å²) in [4.78, 5) is 11.6. The van der Waals surface area contributed by atoms with Crippen LogP contribution in [0.15, 0.2) is 16.6 Å².